The highest BCUT2D eigenvalue weighted by Gasteiger charge is 2.28. The lowest BCUT2D eigenvalue weighted by Gasteiger charge is -2.26. The Morgan fingerprint density at radius 1 is 1.41 bits per heavy atom. The molecule has 0 aliphatic heterocycles. The Kier molecular flexibility index (Phi) is 5.75. The second kappa shape index (κ2) is 6.84. The van der Waals surface area contributed by atoms with Crippen LogP contribution in [0, 0.1) is 5.41 Å². The number of hydrogen-bond donors (Lipinski definition) is 2. The summed E-state index contributed by atoms with van der Waals surface area (Å²) >= 11 is 0. The fourth-order valence-corrected chi connectivity index (χ4v) is 2.42. The van der Waals surface area contributed by atoms with E-state index in [1.54, 1.807) is 7.11 Å². The van der Waals surface area contributed by atoms with Gasteiger partial charge in [0.05, 0.1) is 6.61 Å². The lowest BCUT2D eigenvalue weighted by atomic mass is 9.89. The molecule has 0 aromatic carbocycles. The van der Waals surface area contributed by atoms with Gasteiger partial charge in [0.1, 0.15) is 0 Å². The summed E-state index contributed by atoms with van der Waals surface area (Å²) in [6.07, 6.45) is 5.38. The number of ether oxygens (including phenoxy) is 1. The average Bonchev–Trinajstić information content (AvgIpc) is 2.72. The molecule has 17 heavy (non-hydrogen) atoms. The third kappa shape index (κ3) is 4.94. The van der Waals surface area contributed by atoms with Crippen molar-refractivity contribution in [3.05, 3.63) is 0 Å². The lowest BCUT2D eigenvalue weighted by molar-refractivity contribution is 0.178. The summed E-state index contributed by atoms with van der Waals surface area (Å²) < 4.78 is 5.10. The summed E-state index contributed by atoms with van der Waals surface area (Å²) in [7, 11) is 3.53. The van der Waals surface area contributed by atoms with Crippen molar-refractivity contribution in [2.75, 3.05) is 27.3 Å². The summed E-state index contributed by atoms with van der Waals surface area (Å²) in [6.45, 7) is 6.15. The summed E-state index contributed by atoms with van der Waals surface area (Å²) in [5, 5.41) is 6.75. The van der Waals surface area contributed by atoms with Gasteiger partial charge in [0.25, 0.3) is 0 Å². The van der Waals surface area contributed by atoms with E-state index in [0.717, 1.165) is 12.5 Å². The minimum atomic E-state index is 0.280. The third-order valence-electron chi connectivity index (χ3n) is 3.52. The molecule has 0 aromatic heterocycles. The number of guanidine groups is 1. The molecule has 0 spiro atoms. The monoisotopic (exact) mass is 241 g/mol. The highest BCUT2D eigenvalue weighted by Crippen LogP contribution is 2.36. The predicted molar refractivity (Wildman–Crippen MR) is 72.4 cm³/mol. The normalized spacial score (nSPS) is 21.3. The van der Waals surface area contributed by atoms with Crippen LogP contribution < -0.4 is 10.6 Å². The van der Waals surface area contributed by atoms with E-state index in [2.05, 4.69) is 29.5 Å². The fraction of sp³-hybridized carbons (Fsp3) is 0.923. The summed E-state index contributed by atoms with van der Waals surface area (Å²) in [6, 6.07) is 0.280. The summed E-state index contributed by atoms with van der Waals surface area (Å²) in [5.41, 5.74) is 0.447. The Hall–Kier alpha value is -0.770. The summed E-state index contributed by atoms with van der Waals surface area (Å²) in [5.74, 6) is 0.877. The molecule has 0 bridgehead atoms. The first-order valence-corrected chi connectivity index (χ1v) is 6.56. The molecule has 0 radical (unpaired) electrons. The highest BCUT2D eigenvalue weighted by atomic mass is 16.5. The molecular formula is C13H27N3O. The molecule has 4 nitrogen and oxygen atoms in total. The zero-order valence-corrected chi connectivity index (χ0v) is 11.7. The van der Waals surface area contributed by atoms with Crippen LogP contribution in [0.25, 0.3) is 0 Å². The Balaban J connectivity index is 2.32. The molecule has 0 aromatic rings. The molecule has 1 rings (SSSR count). The van der Waals surface area contributed by atoms with E-state index in [1.165, 1.54) is 25.7 Å². The van der Waals surface area contributed by atoms with E-state index in [1.807, 2.05) is 7.05 Å². The van der Waals surface area contributed by atoms with Crippen LogP contribution in [0.4, 0.5) is 0 Å². The quantitative estimate of drug-likeness (QED) is 0.569. The van der Waals surface area contributed by atoms with Crippen molar-refractivity contribution < 1.29 is 4.74 Å². The molecule has 100 valence electrons. The maximum absolute atomic E-state index is 5.10. The van der Waals surface area contributed by atoms with Crippen LogP contribution in [0.5, 0.6) is 0 Å². The van der Waals surface area contributed by atoms with Gasteiger partial charge >= 0.3 is 0 Å². The Morgan fingerprint density at radius 2 is 2.06 bits per heavy atom. The van der Waals surface area contributed by atoms with Crippen molar-refractivity contribution in [2.24, 2.45) is 10.4 Å². The molecule has 1 saturated carbocycles. The van der Waals surface area contributed by atoms with Crippen molar-refractivity contribution in [2.45, 2.75) is 45.6 Å². The zero-order chi connectivity index (χ0) is 12.7. The molecule has 1 fully saturated rings. The Labute approximate surface area is 105 Å². The number of methoxy groups -OCH3 is 1. The third-order valence-corrected chi connectivity index (χ3v) is 3.52. The van der Waals surface area contributed by atoms with Crippen LogP contribution in [0.3, 0.4) is 0 Å². The van der Waals surface area contributed by atoms with Crippen molar-refractivity contribution in [1.29, 1.82) is 0 Å². The molecule has 1 aliphatic rings. The maximum atomic E-state index is 5.10. The molecule has 1 atom stereocenters. The van der Waals surface area contributed by atoms with Gasteiger partial charge in [-0.05, 0) is 25.2 Å². The van der Waals surface area contributed by atoms with E-state index in [0.29, 0.717) is 12.0 Å². The van der Waals surface area contributed by atoms with Crippen LogP contribution >= 0.6 is 0 Å². The van der Waals surface area contributed by atoms with Crippen LogP contribution in [0.15, 0.2) is 4.99 Å². The van der Waals surface area contributed by atoms with Gasteiger partial charge < -0.3 is 15.4 Å². The van der Waals surface area contributed by atoms with Gasteiger partial charge in [-0.2, -0.15) is 0 Å². The van der Waals surface area contributed by atoms with Crippen LogP contribution in [-0.2, 0) is 4.74 Å². The fourth-order valence-electron chi connectivity index (χ4n) is 2.42. The van der Waals surface area contributed by atoms with Gasteiger partial charge in [-0.3, -0.25) is 4.99 Å². The second-order valence-electron chi connectivity index (χ2n) is 5.44. The van der Waals surface area contributed by atoms with E-state index in [4.69, 9.17) is 4.74 Å². The van der Waals surface area contributed by atoms with Crippen molar-refractivity contribution >= 4 is 5.96 Å². The van der Waals surface area contributed by atoms with Crippen molar-refractivity contribution in [1.82, 2.24) is 10.6 Å². The van der Waals surface area contributed by atoms with Gasteiger partial charge in [-0.1, -0.05) is 19.8 Å². The minimum absolute atomic E-state index is 0.280. The molecule has 2 N–H and O–H groups in total. The first-order chi connectivity index (χ1) is 8.09. The van der Waals surface area contributed by atoms with Crippen molar-refractivity contribution in [3.8, 4) is 0 Å². The number of hydrogen-bond acceptors (Lipinski definition) is 2. The van der Waals surface area contributed by atoms with Gasteiger partial charge in [-0.25, -0.2) is 0 Å². The standard InChI is InChI=1S/C13H27N3O/c1-11(9-17-4)16-12(14-3)15-10-13(2)7-5-6-8-13/h11H,5-10H2,1-4H3,(H2,14,15,16). The number of rotatable bonds is 5. The lowest BCUT2D eigenvalue weighted by Crippen LogP contribution is -2.46. The first kappa shape index (κ1) is 14.3. The van der Waals surface area contributed by atoms with E-state index >= 15 is 0 Å². The smallest absolute Gasteiger partial charge is 0.191 e. The molecule has 1 unspecified atom stereocenters. The van der Waals surface area contributed by atoms with E-state index < -0.39 is 0 Å². The molecule has 4 heteroatoms. The van der Waals surface area contributed by atoms with Crippen LogP contribution in [-0.4, -0.2) is 39.3 Å². The van der Waals surface area contributed by atoms with Crippen LogP contribution in [0.2, 0.25) is 0 Å². The number of nitrogens with one attached hydrogen (secondary N) is 2. The average molecular weight is 241 g/mol. The SMILES string of the molecule is CN=C(NCC1(C)CCCC1)NC(C)COC. The van der Waals surface area contributed by atoms with Crippen LogP contribution in [0.1, 0.15) is 39.5 Å². The Morgan fingerprint density at radius 3 is 2.59 bits per heavy atom. The molecule has 0 amide bonds. The summed E-state index contributed by atoms with van der Waals surface area (Å²) in [4.78, 5) is 4.24. The van der Waals surface area contributed by atoms with E-state index in [-0.39, 0.29) is 6.04 Å². The maximum Gasteiger partial charge on any atom is 0.191 e. The second-order valence-corrected chi connectivity index (χ2v) is 5.44. The van der Waals surface area contributed by atoms with Gasteiger partial charge in [0.2, 0.25) is 0 Å². The topological polar surface area (TPSA) is 45.7 Å². The van der Waals surface area contributed by atoms with Gasteiger partial charge in [-0.15, -0.1) is 0 Å². The van der Waals surface area contributed by atoms with Gasteiger partial charge in [0, 0.05) is 26.7 Å². The van der Waals surface area contributed by atoms with Gasteiger partial charge in [0.15, 0.2) is 5.96 Å². The minimum Gasteiger partial charge on any atom is -0.383 e. The Bertz CT molecular complexity index is 247. The number of aliphatic imine (C=N–C) groups is 1. The van der Waals surface area contributed by atoms with E-state index in [9.17, 15) is 0 Å². The zero-order valence-electron chi connectivity index (χ0n) is 11.7. The molecule has 0 saturated heterocycles. The molecular weight excluding hydrogens is 214 g/mol. The predicted octanol–water partition coefficient (Wildman–Crippen LogP) is 1.77. The highest BCUT2D eigenvalue weighted by molar-refractivity contribution is 5.79. The largest absolute Gasteiger partial charge is 0.383 e. The molecule has 0 heterocycles. The first-order valence-electron chi connectivity index (χ1n) is 6.56. The number of nitrogens with zero attached hydrogens (tertiary/aromatic N) is 1. The molecule has 1 aliphatic carbocycles. The van der Waals surface area contributed by atoms with Crippen molar-refractivity contribution in [3.63, 3.8) is 0 Å².